The lowest BCUT2D eigenvalue weighted by Gasteiger charge is -2.27. The number of hydrogen-bond donors (Lipinski definition) is 0. The summed E-state index contributed by atoms with van der Waals surface area (Å²) in [4.78, 5) is 12.1. The SMILES string of the molecule is CCOC(C)OC[C@H]1C([N+](=O)[O-])[C@H](OC(C)OCC)[C@@H](OCc2ccccc2)[C@@H]1OCc1ccccc1. The van der Waals surface area contributed by atoms with Crippen LogP contribution >= 0.6 is 0 Å². The van der Waals surface area contributed by atoms with E-state index in [1.54, 1.807) is 13.8 Å². The van der Waals surface area contributed by atoms with Gasteiger partial charge in [0, 0.05) is 18.1 Å². The zero-order chi connectivity index (χ0) is 26.6. The first-order valence-electron chi connectivity index (χ1n) is 12.9. The van der Waals surface area contributed by atoms with Gasteiger partial charge >= 0.3 is 0 Å². The van der Waals surface area contributed by atoms with Crippen molar-refractivity contribution in [2.75, 3.05) is 19.8 Å². The quantitative estimate of drug-likeness (QED) is 0.181. The van der Waals surface area contributed by atoms with Crippen LogP contribution in [-0.2, 0) is 41.6 Å². The third-order valence-corrected chi connectivity index (χ3v) is 6.33. The van der Waals surface area contributed by atoms with Crippen LogP contribution in [0, 0.1) is 16.0 Å². The molecule has 1 saturated carbocycles. The Balaban J connectivity index is 1.91. The molecular weight excluding hydrogens is 478 g/mol. The normalized spacial score (nSPS) is 25.1. The van der Waals surface area contributed by atoms with E-state index in [0.717, 1.165) is 11.1 Å². The molecule has 0 aromatic heterocycles. The van der Waals surface area contributed by atoms with E-state index in [1.165, 1.54) is 0 Å². The summed E-state index contributed by atoms with van der Waals surface area (Å²) in [6.45, 7) is 8.69. The molecule has 0 spiro atoms. The third kappa shape index (κ3) is 8.56. The summed E-state index contributed by atoms with van der Waals surface area (Å²) >= 11 is 0. The lowest BCUT2D eigenvalue weighted by molar-refractivity contribution is -0.544. The monoisotopic (exact) mass is 517 g/mol. The second-order valence-corrected chi connectivity index (χ2v) is 8.94. The fraction of sp³-hybridized carbons (Fsp3) is 0.571. The molecular formula is C28H39NO8. The molecule has 2 aromatic carbocycles. The summed E-state index contributed by atoms with van der Waals surface area (Å²) in [5.41, 5.74) is 1.90. The molecule has 0 aliphatic heterocycles. The number of rotatable bonds is 16. The minimum absolute atomic E-state index is 0.0559. The van der Waals surface area contributed by atoms with Crippen molar-refractivity contribution in [3.8, 4) is 0 Å². The highest BCUT2D eigenvalue weighted by Gasteiger charge is 2.60. The molecule has 0 heterocycles. The predicted molar refractivity (Wildman–Crippen MR) is 137 cm³/mol. The van der Waals surface area contributed by atoms with Crippen LogP contribution in [0.15, 0.2) is 60.7 Å². The third-order valence-electron chi connectivity index (χ3n) is 6.33. The summed E-state index contributed by atoms with van der Waals surface area (Å²) in [5, 5.41) is 12.5. The maximum atomic E-state index is 12.5. The standard InChI is InChI=1S/C28H39NO8/c1-5-32-20(3)34-19-24-25(29(30)31)27(37-21(4)33-6-2)28(36-18-23-15-11-8-12-16-23)26(24)35-17-22-13-9-7-10-14-22/h7-16,20-21,24-28H,5-6,17-19H2,1-4H3/t20?,21?,24-,25?,26+,27-,28-/m0/s1. The van der Waals surface area contributed by atoms with Gasteiger partial charge in [-0.2, -0.15) is 0 Å². The smallest absolute Gasteiger partial charge is 0.249 e. The van der Waals surface area contributed by atoms with E-state index in [1.807, 2.05) is 74.5 Å². The highest BCUT2D eigenvalue weighted by molar-refractivity contribution is 5.15. The molecule has 37 heavy (non-hydrogen) atoms. The molecule has 0 amide bonds. The fourth-order valence-corrected chi connectivity index (χ4v) is 4.66. The number of nitro groups is 1. The Morgan fingerprint density at radius 1 is 0.757 bits per heavy atom. The van der Waals surface area contributed by atoms with Crippen molar-refractivity contribution in [1.29, 1.82) is 0 Å². The summed E-state index contributed by atoms with van der Waals surface area (Å²) in [6, 6.07) is 18.2. The van der Waals surface area contributed by atoms with E-state index in [0.29, 0.717) is 13.2 Å². The first-order valence-corrected chi connectivity index (χ1v) is 12.9. The molecule has 1 aliphatic rings. The zero-order valence-corrected chi connectivity index (χ0v) is 22.1. The van der Waals surface area contributed by atoms with E-state index in [4.69, 9.17) is 28.4 Å². The van der Waals surface area contributed by atoms with Crippen molar-refractivity contribution in [3.05, 3.63) is 81.9 Å². The van der Waals surface area contributed by atoms with Crippen LogP contribution in [0.1, 0.15) is 38.8 Å². The van der Waals surface area contributed by atoms with Crippen LogP contribution in [0.3, 0.4) is 0 Å². The Morgan fingerprint density at radius 2 is 1.27 bits per heavy atom. The fourth-order valence-electron chi connectivity index (χ4n) is 4.66. The van der Waals surface area contributed by atoms with Gasteiger partial charge in [0.15, 0.2) is 18.7 Å². The van der Waals surface area contributed by atoms with Crippen LogP contribution in [0.2, 0.25) is 0 Å². The van der Waals surface area contributed by atoms with Gasteiger partial charge in [-0.3, -0.25) is 10.1 Å². The lowest BCUT2D eigenvalue weighted by Crippen LogP contribution is -2.43. The van der Waals surface area contributed by atoms with Gasteiger partial charge < -0.3 is 28.4 Å². The van der Waals surface area contributed by atoms with Crippen molar-refractivity contribution in [2.24, 2.45) is 5.92 Å². The predicted octanol–water partition coefficient (Wildman–Crippen LogP) is 4.60. The second kappa shape index (κ2) is 15.1. The van der Waals surface area contributed by atoms with Crippen LogP contribution in [0.25, 0.3) is 0 Å². The molecule has 2 aromatic rings. The van der Waals surface area contributed by atoms with Crippen molar-refractivity contribution in [3.63, 3.8) is 0 Å². The Hall–Kier alpha value is -2.40. The summed E-state index contributed by atoms with van der Waals surface area (Å²) in [7, 11) is 0. The van der Waals surface area contributed by atoms with Crippen LogP contribution < -0.4 is 0 Å². The number of ether oxygens (including phenoxy) is 6. The molecule has 1 aliphatic carbocycles. The van der Waals surface area contributed by atoms with Crippen LogP contribution in [0.5, 0.6) is 0 Å². The van der Waals surface area contributed by atoms with Gasteiger partial charge in [-0.05, 0) is 38.8 Å². The molecule has 9 nitrogen and oxygen atoms in total. The molecule has 9 heteroatoms. The highest BCUT2D eigenvalue weighted by atomic mass is 16.7. The molecule has 0 radical (unpaired) electrons. The number of benzene rings is 2. The van der Waals surface area contributed by atoms with Gasteiger partial charge in [0.2, 0.25) is 6.04 Å². The van der Waals surface area contributed by atoms with Gasteiger partial charge in [-0.15, -0.1) is 0 Å². The summed E-state index contributed by atoms with van der Waals surface area (Å²) < 4.78 is 35.8. The average molecular weight is 518 g/mol. The average Bonchev–Trinajstić information content (AvgIpc) is 3.18. The molecule has 3 unspecified atom stereocenters. The summed E-state index contributed by atoms with van der Waals surface area (Å²) in [6.07, 6.45) is -3.46. The maximum Gasteiger partial charge on any atom is 0.249 e. The highest BCUT2D eigenvalue weighted by Crippen LogP contribution is 2.38. The molecule has 1 fully saturated rings. The molecule has 204 valence electrons. The Kier molecular flexibility index (Phi) is 11.9. The van der Waals surface area contributed by atoms with Gasteiger partial charge in [-0.25, -0.2) is 0 Å². The molecule has 3 rings (SSSR count). The van der Waals surface area contributed by atoms with Crippen LogP contribution in [-0.4, -0.2) is 61.7 Å². The van der Waals surface area contributed by atoms with Crippen molar-refractivity contribution in [1.82, 2.24) is 0 Å². The Bertz CT molecular complexity index is 915. The van der Waals surface area contributed by atoms with E-state index in [-0.39, 0.29) is 24.7 Å². The van der Waals surface area contributed by atoms with Gasteiger partial charge in [0.25, 0.3) is 0 Å². The zero-order valence-electron chi connectivity index (χ0n) is 22.1. The second-order valence-electron chi connectivity index (χ2n) is 8.94. The van der Waals surface area contributed by atoms with Crippen molar-refractivity contribution in [2.45, 2.75) is 77.8 Å². The lowest BCUT2D eigenvalue weighted by atomic mass is 10.0. The minimum Gasteiger partial charge on any atom is -0.370 e. The molecule has 0 bridgehead atoms. The first kappa shape index (κ1) is 29.2. The molecule has 0 saturated heterocycles. The Morgan fingerprint density at radius 3 is 1.78 bits per heavy atom. The van der Waals surface area contributed by atoms with Gasteiger partial charge in [-0.1, -0.05) is 60.7 Å². The topological polar surface area (TPSA) is 98.5 Å². The van der Waals surface area contributed by atoms with E-state index in [2.05, 4.69) is 0 Å². The van der Waals surface area contributed by atoms with E-state index < -0.39 is 42.9 Å². The Labute approximate surface area is 219 Å². The summed E-state index contributed by atoms with van der Waals surface area (Å²) in [5.74, 6) is -0.638. The largest absolute Gasteiger partial charge is 0.370 e. The first-order chi connectivity index (χ1) is 17.9. The van der Waals surface area contributed by atoms with Crippen molar-refractivity contribution >= 4 is 0 Å². The molecule has 0 N–H and O–H groups in total. The number of hydrogen-bond acceptors (Lipinski definition) is 8. The van der Waals surface area contributed by atoms with Crippen molar-refractivity contribution < 1.29 is 33.3 Å². The van der Waals surface area contributed by atoms with Gasteiger partial charge in [0.05, 0.1) is 31.8 Å². The molecule has 7 atom stereocenters. The minimum atomic E-state index is -1.13. The number of nitrogens with zero attached hydrogens (tertiary/aromatic N) is 1. The maximum absolute atomic E-state index is 12.5. The van der Waals surface area contributed by atoms with E-state index >= 15 is 0 Å². The van der Waals surface area contributed by atoms with Crippen LogP contribution in [0.4, 0.5) is 0 Å². The van der Waals surface area contributed by atoms with E-state index in [9.17, 15) is 10.1 Å². The van der Waals surface area contributed by atoms with Gasteiger partial charge in [0.1, 0.15) is 6.10 Å².